The van der Waals surface area contributed by atoms with Gasteiger partial charge in [-0.2, -0.15) is 0 Å². The second-order valence-electron chi connectivity index (χ2n) is 4.47. The van der Waals surface area contributed by atoms with Crippen LogP contribution in [-0.4, -0.2) is 19.9 Å². The van der Waals surface area contributed by atoms with Crippen molar-refractivity contribution < 1.29 is 0 Å². The fourth-order valence-corrected chi connectivity index (χ4v) is 2.80. The number of nitrogens with two attached hydrogens (primary N) is 1. The Balaban J connectivity index is 1.86. The van der Waals surface area contributed by atoms with Gasteiger partial charge >= 0.3 is 0 Å². The number of imidazole rings is 1. The molecule has 0 aliphatic carbocycles. The van der Waals surface area contributed by atoms with Crippen molar-refractivity contribution in [2.24, 2.45) is 5.73 Å². The molecule has 2 aromatic heterocycles. The number of aromatic nitrogens is 4. The standard InChI is InChI=1S/C14H15N5S/c1-2-11(15)9-3-5-10(6-4-9)20-14-12-13(17-7-16-12)18-8-19-14/h3-8,11H,2,15H2,1H3,(H,16,17,18,19). The Hall–Kier alpha value is -1.92. The summed E-state index contributed by atoms with van der Waals surface area (Å²) in [6.45, 7) is 2.09. The molecule has 0 saturated carbocycles. The van der Waals surface area contributed by atoms with Crippen molar-refractivity contribution in [1.29, 1.82) is 0 Å². The molecule has 0 aliphatic heterocycles. The Kier molecular flexibility index (Phi) is 3.66. The van der Waals surface area contributed by atoms with Crippen molar-refractivity contribution in [3.05, 3.63) is 42.5 Å². The average Bonchev–Trinajstić information content (AvgIpc) is 2.97. The number of H-pyrrole nitrogens is 1. The molecule has 102 valence electrons. The molecule has 3 rings (SSSR count). The minimum Gasteiger partial charge on any atom is -0.341 e. The quantitative estimate of drug-likeness (QED) is 0.720. The number of hydrogen-bond acceptors (Lipinski definition) is 5. The van der Waals surface area contributed by atoms with Crippen molar-refractivity contribution in [2.75, 3.05) is 0 Å². The van der Waals surface area contributed by atoms with Gasteiger partial charge in [0.05, 0.1) is 6.33 Å². The van der Waals surface area contributed by atoms with E-state index in [1.165, 1.54) is 6.33 Å². The topological polar surface area (TPSA) is 80.5 Å². The molecule has 5 nitrogen and oxygen atoms in total. The first-order valence-electron chi connectivity index (χ1n) is 6.45. The first-order chi connectivity index (χ1) is 9.78. The van der Waals surface area contributed by atoms with Gasteiger partial charge in [-0.15, -0.1) is 0 Å². The van der Waals surface area contributed by atoms with Crippen LogP contribution in [0.4, 0.5) is 0 Å². The lowest BCUT2D eigenvalue weighted by atomic mass is 10.1. The van der Waals surface area contributed by atoms with Crippen LogP contribution >= 0.6 is 11.8 Å². The van der Waals surface area contributed by atoms with E-state index < -0.39 is 0 Å². The van der Waals surface area contributed by atoms with Gasteiger partial charge in [0.15, 0.2) is 5.65 Å². The van der Waals surface area contributed by atoms with Gasteiger partial charge in [0, 0.05) is 10.9 Å². The highest BCUT2D eigenvalue weighted by Crippen LogP contribution is 2.30. The van der Waals surface area contributed by atoms with Crippen LogP contribution in [-0.2, 0) is 0 Å². The third-order valence-corrected chi connectivity index (χ3v) is 4.16. The summed E-state index contributed by atoms with van der Waals surface area (Å²) in [7, 11) is 0. The molecule has 0 saturated heterocycles. The summed E-state index contributed by atoms with van der Waals surface area (Å²) >= 11 is 1.59. The summed E-state index contributed by atoms with van der Waals surface area (Å²) in [5.74, 6) is 0. The minimum absolute atomic E-state index is 0.104. The average molecular weight is 285 g/mol. The Morgan fingerprint density at radius 3 is 2.75 bits per heavy atom. The number of fused-ring (bicyclic) bond motifs is 1. The van der Waals surface area contributed by atoms with Gasteiger partial charge in [0.2, 0.25) is 0 Å². The molecule has 0 aliphatic rings. The molecule has 0 bridgehead atoms. The van der Waals surface area contributed by atoms with Crippen LogP contribution in [0.2, 0.25) is 0 Å². The number of benzene rings is 1. The van der Waals surface area contributed by atoms with E-state index in [0.717, 1.165) is 27.4 Å². The van der Waals surface area contributed by atoms with E-state index in [1.807, 2.05) is 0 Å². The van der Waals surface area contributed by atoms with Crippen molar-refractivity contribution in [3.63, 3.8) is 0 Å². The highest BCUT2D eigenvalue weighted by molar-refractivity contribution is 7.99. The Bertz CT molecular complexity index is 707. The molecule has 1 aromatic carbocycles. The maximum absolute atomic E-state index is 6.02. The lowest BCUT2D eigenvalue weighted by Gasteiger charge is -2.09. The van der Waals surface area contributed by atoms with Crippen LogP contribution in [0.5, 0.6) is 0 Å². The zero-order chi connectivity index (χ0) is 13.9. The van der Waals surface area contributed by atoms with Gasteiger partial charge < -0.3 is 10.7 Å². The van der Waals surface area contributed by atoms with Gasteiger partial charge in [-0.25, -0.2) is 15.0 Å². The van der Waals surface area contributed by atoms with E-state index in [9.17, 15) is 0 Å². The zero-order valence-corrected chi connectivity index (χ0v) is 11.9. The molecule has 0 fully saturated rings. The van der Waals surface area contributed by atoms with Crippen LogP contribution in [0.15, 0.2) is 46.8 Å². The van der Waals surface area contributed by atoms with Crippen LogP contribution in [0.1, 0.15) is 24.9 Å². The number of nitrogens with zero attached hydrogens (tertiary/aromatic N) is 3. The van der Waals surface area contributed by atoms with E-state index >= 15 is 0 Å². The molecule has 0 spiro atoms. The zero-order valence-electron chi connectivity index (χ0n) is 11.1. The minimum atomic E-state index is 0.104. The largest absolute Gasteiger partial charge is 0.341 e. The molecular formula is C14H15N5S. The predicted molar refractivity (Wildman–Crippen MR) is 79.5 cm³/mol. The van der Waals surface area contributed by atoms with Gasteiger partial charge in [-0.05, 0) is 24.1 Å². The molecule has 1 unspecified atom stereocenters. The molecule has 1 atom stereocenters. The Morgan fingerprint density at radius 1 is 1.20 bits per heavy atom. The third-order valence-electron chi connectivity index (χ3n) is 3.15. The van der Waals surface area contributed by atoms with Crippen molar-refractivity contribution in [2.45, 2.75) is 29.3 Å². The highest BCUT2D eigenvalue weighted by Gasteiger charge is 2.08. The number of nitrogens with one attached hydrogen (secondary N) is 1. The smallest absolute Gasteiger partial charge is 0.181 e. The van der Waals surface area contributed by atoms with Crippen molar-refractivity contribution in [1.82, 2.24) is 19.9 Å². The molecule has 6 heteroatoms. The second kappa shape index (κ2) is 5.60. The summed E-state index contributed by atoms with van der Waals surface area (Å²) < 4.78 is 0. The number of hydrogen-bond donors (Lipinski definition) is 2. The highest BCUT2D eigenvalue weighted by atomic mass is 32.2. The maximum atomic E-state index is 6.02. The Labute approximate surface area is 121 Å². The summed E-state index contributed by atoms with van der Waals surface area (Å²) in [6.07, 6.45) is 4.10. The van der Waals surface area contributed by atoms with Crippen LogP contribution < -0.4 is 5.73 Å². The fourth-order valence-electron chi connectivity index (χ4n) is 1.95. The van der Waals surface area contributed by atoms with E-state index in [0.29, 0.717) is 5.65 Å². The van der Waals surface area contributed by atoms with E-state index in [4.69, 9.17) is 5.73 Å². The van der Waals surface area contributed by atoms with E-state index in [2.05, 4.69) is 51.1 Å². The molecule has 3 N–H and O–H groups in total. The molecule has 20 heavy (non-hydrogen) atoms. The van der Waals surface area contributed by atoms with Crippen molar-refractivity contribution >= 4 is 22.9 Å². The van der Waals surface area contributed by atoms with Gasteiger partial charge in [-0.1, -0.05) is 30.8 Å². The number of aromatic amines is 1. The molecule has 0 radical (unpaired) electrons. The lowest BCUT2D eigenvalue weighted by Crippen LogP contribution is -2.07. The molecule has 2 heterocycles. The first kappa shape index (κ1) is 13.1. The van der Waals surface area contributed by atoms with Crippen LogP contribution in [0.3, 0.4) is 0 Å². The monoisotopic (exact) mass is 285 g/mol. The molecule has 0 amide bonds. The summed E-state index contributed by atoms with van der Waals surface area (Å²) in [5.41, 5.74) is 8.73. The Morgan fingerprint density at radius 2 is 2.00 bits per heavy atom. The van der Waals surface area contributed by atoms with Crippen molar-refractivity contribution in [3.8, 4) is 0 Å². The maximum Gasteiger partial charge on any atom is 0.181 e. The van der Waals surface area contributed by atoms with Gasteiger partial charge in [0.1, 0.15) is 16.9 Å². The van der Waals surface area contributed by atoms with Gasteiger partial charge in [0.25, 0.3) is 0 Å². The second-order valence-corrected chi connectivity index (χ2v) is 5.53. The first-order valence-corrected chi connectivity index (χ1v) is 7.27. The molecule has 3 aromatic rings. The molecular weight excluding hydrogens is 270 g/mol. The van der Waals surface area contributed by atoms with E-state index in [-0.39, 0.29) is 6.04 Å². The third kappa shape index (κ3) is 2.52. The SMILES string of the molecule is CCC(N)c1ccc(Sc2ncnc3nc[nH]c23)cc1. The summed E-state index contributed by atoms with van der Waals surface area (Å²) in [4.78, 5) is 16.7. The normalized spacial score (nSPS) is 12.7. The fraction of sp³-hybridized carbons (Fsp3) is 0.214. The number of rotatable bonds is 4. The summed E-state index contributed by atoms with van der Waals surface area (Å²) in [5, 5.41) is 0.875. The lowest BCUT2D eigenvalue weighted by molar-refractivity contribution is 0.698. The van der Waals surface area contributed by atoms with Crippen LogP contribution in [0, 0.1) is 0 Å². The summed E-state index contributed by atoms with van der Waals surface area (Å²) in [6, 6.07) is 8.39. The van der Waals surface area contributed by atoms with E-state index in [1.54, 1.807) is 18.1 Å². The van der Waals surface area contributed by atoms with Gasteiger partial charge in [-0.3, -0.25) is 0 Å². The predicted octanol–water partition coefficient (Wildman–Crippen LogP) is 2.91. The van der Waals surface area contributed by atoms with Crippen LogP contribution in [0.25, 0.3) is 11.2 Å².